The second kappa shape index (κ2) is 3.64. The third-order valence-corrected chi connectivity index (χ3v) is 3.11. The molecule has 0 saturated heterocycles. The van der Waals surface area contributed by atoms with Crippen molar-refractivity contribution in [3.05, 3.63) is 59.7 Å². The molecule has 0 radical (unpaired) electrons. The summed E-state index contributed by atoms with van der Waals surface area (Å²) in [7, 11) is 0. The maximum atomic E-state index is 2.27. The van der Waals surface area contributed by atoms with E-state index >= 15 is 0 Å². The highest BCUT2D eigenvalue weighted by Crippen LogP contribution is 2.25. The van der Waals surface area contributed by atoms with Crippen LogP contribution in [0.15, 0.2) is 48.6 Å². The van der Waals surface area contributed by atoms with Gasteiger partial charge in [0.25, 0.3) is 0 Å². The second-order valence-electron chi connectivity index (χ2n) is 4.41. The van der Waals surface area contributed by atoms with Gasteiger partial charge in [-0.25, -0.2) is 0 Å². The van der Waals surface area contributed by atoms with Gasteiger partial charge >= 0.3 is 0 Å². The summed E-state index contributed by atoms with van der Waals surface area (Å²) >= 11 is 0. The van der Waals surface area contributed by atoms with Crippen LogP contribution in [0.1, 0.15) is 18.1 Å². The summed E-state index contributed by atoms with van der Waals surface area (Å²) in [5.41, 5.74) is 2.64. The fraction of sp³-hybridized carbons (Fsp3) is 0.125. The van der Waals surface area contributed by atoms with Gasteiger partial charge < -0.3 is 0 Å². The standard InChI is InChI=1S/C16H14/c1-12-6-8-15-10-13-4-2-3-5-14(13)11-16(15)9-7-12/h2-12H,1H3. The first-order chi connectivity index (χ1) is 7.83. The highest BCUT2D eigenvalue weighted by atomic mass is 14.1. The van der Waals surface area contributed by atoms with Crippen LogP contribution >= 0.6 is 0 Å². The van der Waals surface area contributed by atoms with Crippen LogP contribution in [0.5, 0.6) is 0 Å². The van der Waals surface area contributed by atoms with Crippen LogP contribution in [0.3, 0.4) is 0 Å². The Bertz CT molecular complexity index is 536. The molecule has 0 nitrogen and oxygen atoms in total. The molecular weight excluding hydrogens is 192 g/mol. The van der Waals surface area contributed by atoms with Crippen molar-refractivity contribution < 1.29 is 0 Å². The van der Waals surface area contributed by atoms with E-state index in [1.807, 2.05) is 0 Å². The van der Waals surface area contributed by atoms with Crippen LogP contribution in [0, 0.1) is 5.92 Å². The molecule has 0 atom stereocenters. The predicted octanol–water partition coefficient (Wildman–Crippen LogP) is 4.52. The van der Waals surface area contributed by atoms with E-state index in [1.54, 1.807) is 0 Å². The third-order valence-electron chi connectivity index (χ3n) is 3.11. The molecule has 2 aromatic carbocycles. The summed E-state index contributed by atoms with van der Waals surface area (Å²) < 4.78 is 0. The zero-order valence-electron chi connectivity index (χ0n) is 9.35. The van der Waals surface area contributed by atoms with Gasteiger partial charge in [0.15, 0.2) is 0 Å². The lowest BCUT2D eigenvalue weighted by atomic mass is 10.0. The minimum Gasteiger partial charge on any atom is -0.0773 e. The van der Waals surface area contributed by atoms with Gasteiger partial charge in [0.05, 0.1) is 0 Å². The monoisotopic (exact) mass is 206 g/mol. The molecule has 16 heavy (non-hydrogen) atoms. The summed E-state index contributed by atoms with van der Waals surface area (Å²) in [6, 6.07) is 13.1. The topological polar surface area (TPSA) is 0 Å². The molecule has 0 spiro atoms. The van der Waals surface area contributed by atoms with Crippen molar-refractivity contribution in [1.82, 2.24) is 0 Å². The van der Waals surface area contributed by atoms with Crippen LogP contribution < -0.4 is 0 Å². The zero-order chi connectivity index (χ0) is 11.0. The number of hydrogen-bond acceptors (Lipinski definition) is 0. The Morgan fingerprint density at radius 2 is 1.31 bits per heavy atom. The fourth-order valence-electron chi connectivity index (χ4n) is 2.14. The second-order valence-corrected chi connectivity index (χ2v) is 4.41. The average Bonchev–Trinajstić information content (AvgIpc) is 2.49. The van der Waals surface area contributed by atoms with Crippen molar-refractivity contribution in [1.29, 1.82) is 0 Å². The number of hydrogen-bond donors (Lipinski definition) is 0. The number of benzene rings is 2. The minimum atomic E-state index is 0.524. The maximum Gasteiger partial charge on any atom is -0.00752 e. The molecule has 0 N–H and O–H groups in total. The quantitative estimate of drug-likeness (QED) is 0.594. The van der Waals surface area contributed by atoms with Gasteiger partial charge in [-0.05, 0) is 39.9 Å². The molecule has 0 aromatic heterocycles. The number of rotatable bonds is 0. The number of allylic oxidation sites excluding steroid dienone is 2. The molecule has 0 fully saturated rings. The smallest absolute Gasteiger partial charge is 0.00752 e. The van der Waals surface area contributed by atoms with Gasteiger partial charge in [-0.2, -0.15) is 0 Å². The van der Waals surface area contributed by atoms with Crippen molar-refractivity contribution in [2.24, 2.45) is 5.92 Å². The van der Waals surface area contributed by atoms with Gasteiger partial charge in [-0.15, -0.1) is 0 Å². The molecule has 1 aliphatic rings. The Morgan fingerprint density at radius 3 is 1.81 bits per heavy atom. The largest absolute Gasteiger partial charge is 0.0773 e. The van der Waals surface area contributed by atoms with E-state index in [2.05, 4.69) is 67.6 Å². The first-order valence-electron chi connectivity index (χ1n) is 5.72. The van der Waals surface area contributed by atoms with Gasteiger partial charge in [-0.1, -0.05) is 55.5 Å². The minimum absolute atomic E-state index is 0.524. The zero-order valence-corrected chi connectivity index (χ0v) is 9.35. The number of fused-ring (bicyclic) bond motifs is 2. The Hall–Kier alpha value is -1.82. The summed E-state index contributed by atoms with van der Waals surface area (Å²) in [6.45, 7) is 2.21. The Kier molecular flexibility index (Phi) is 2.14. The van der Waals surface area contributed by atoms with E-state index in [0.29, 0.717) is 5.92 Å². The van der Waals surface area contributed by atoms with Crippen molar-refractivity contribution in [2.75, 3.05) is 0 Å². The third kappa shape index (κ3) is 1.57. The van der Waals surface area contributed by atoms with E-state index in [9.17, 15) is 0 Å². The highest BCUT2D eigenvalue weighted by molar-refractivity contribution is 5.88. The summed E-state index contributed by atoms with van der Waals surface area (Å²) in [5, 5.41) is 2.63. The van der Waals surface area contributed by atoms with Crippen LogP contribution in [0.2, 0.25) is 0 Å². The van der Waals surface area contributed by atoms with E-state index in [1.165, 1.54) is 21.9 Å². The molecule has 0 heterocycles. The Labute approximate surface area is 95.9 Å². The van der Waals surface area contributed by atoms with Crippen LogP contribution in [-0.2, 0) is 0 Å². The molecule has 0 aliphatic heterocycles. The summed E-state index contributed by atoms with van der Waals surface area (Å²) in [5.74, 6) is 0.524. The highest BCUT2D eigenvalue weighted by Gasteiger charge is 2.03. The van der Waals surface area contributed by atoms with E-state index in [4.69, 9.17) is 0 Å². The SMILES string of the molecule is CC1C=Cc2cc3ccccc3cc2C=C1. The molecule has 0 bridgehead atoms. The van der Waals surface area contributed by atoms with Crippen molar-refractivity contribution in [3.63, 3.8) is 0 Å². The normalized spacial score (nSPS) is 15.1. The van der Waals surface area contributed by atoms with E-state index < -0.39 is 0 Å². The molecule has 78 valence electrons. The summed E-state index contributed by atoms with van der Waals surface area (Å²) in [6.07, 6.45) is 8.95. The van der Waals surface area contributed by atoms with Gasteiger partial charge in [-0.3, -0.25) is 0 Å². The van der Waals surface area contributed by atoms with Crippen molar-refractivity contribution in [3.8, 4) is 0 Å². The maximum absolute atomic E-state index is 2.27. The van der Waals surface area contributed by atoms with Gasteiger partial charge in [0.1, 0.15) is 0 Å². The molecule has 0 unspecified atom stereocenters. The predicted molar refractivity (Wildman–Crippen MR) is 71.2 cm³/mol. The molecule has 3 rings (SSSR count). The van der Waals surface area contributed by atoms with Gasteiger partial charge in [0, 0.05) is 0 Å². The Balaban J connectivity index is 2.28. The van der Waals surface area contributed by atoms with Crippen LogP contribution in [0.25, 0.3) is 22.9 Å². The molecule has 0 amide bonds. The van der Waals surface area contributed by atoms with Crippen LogP contribution in [-0.4, -0.2) is 0 Å². The Morgan fingerprint density at radius 1 is 0.812 bits per heavy atom. The lowest BCUT2D eigenvalue weighted by Gasteiger charge is -2.03. The summed E-state index contributed by atoms with van der Waals surface area (Å²) in [4.78, 5) is 0. The molecule has 0 saturated carbocycles. The first kappa shape index (κ1) is 9.41. The molecule has 1 aliphatic carbocycles. The lowest BCUT2D eigenvalue weighted by molar-refractivity contribution is 0.954. The van der Waals surface area contributed by atoms with E-state index in [0.717, 1.165) is 0 Å². The van der Waals surface area contributed by atoms with Crippen molar-refractivity contribution >= 4 is 22.9 Å². The van der Waals surface area contributed by atoms with E-state index in [-0.39, 0.29) is 0 Å². The average molecular weight is 206 g/mol. The van der Waals surface area contributed by atoms with Crippen molar-refractivity contribution in [2.45, 2.75) is 6.92 Å². The molecule has 2 aromatic rings. The first-order valence-corrected chi connectivity index (χ1v) is 5.72. The fourth-order valence-corrected chi connectivity index (χ4v) is 2.14. The molecular formula is C16H14. The van der Waals surface area contributed by atoms with Crippen LogP contribution in [0.4, 0.5) is 0 Å². The molecule has 0 heteroatoms. The van der Waals surface area contributed by atoms with Gasteiger partial charge in [0.2, 0.25) is 0 Å². The lowest BCUT2D eigenvalue weighted by Crippen LogP contribution is -1.81.